The van der Waals surface area contributed by atoms with E-state index in [-0.39, 0.29) is 25.4 Å². The molecule has 0 aromatic rings. The molecule has 0 heterocycles. The van der Waals surface area contributed by atoms with Crippen LogP contribution >= 0.6 is 0 Å². The Kier molecular flexibility index (Phi) is 7.34. The third kappa shape index (κ3) is 9.32. The van der Waals surface area contributed by atoms with Gasteiger partial charge in [0.15, 0.2) is 6.10 Å². The fourth-order valence-corrected chi connectivity index (χ4v) is 1.00. The molecule has 7 heteroatoms. The van der Waals surface area contributed by atoms with Gasteiger partial charge in [-0.2, -0.15) is 0 Å². The van der Waals surface area contributed by atoms with Crippen LogP contribution in [0.4, 0.5) is 0 Å². The van der Waals surface area contributed by atoms with Crippen molar-refractivity contribution in [3.63, 3.8) is 0 Å². The third-order valence-electron chi connectivity index (χ3n) is 1.63. The number of ketones is 1. The van der Waals surface area contributed by atoms with Gasteiger partial charge >= 0.3 is 17.9 Å². The van der Waals surface area contributed by atoms with Crippen LogP contribution in [-0.4, -0.2) is 43.0 Å². The van der Waals surface area contributed by atoms with Crippen LogP contribution in [0.25, 0.3) is 0 Å². The van der Waals surface area contributed by atoms with Gasteiger partial charge in [0.1, 0.15) is 25.4 Å². The highest BCUT2D eigenvalue weighted by molar-refractivity contribution is 5.94. The highest BCUT2D eigenvalue weighted by Gasteiger charge is 2.17. The van der Waals surface area contributed by atoms with E-state index in [9.17, 15) is 19.2 Å². The Morgan fingerprint density at radius 1 is 0.889 bits per heavy atom. The molecule has 102 valence electrons. The van der Waals surface area contributed by atoms with Gasteiger partial charge in [0.2, 0.25) is 0 Å². The van der Waals surface area contributed by atoms with E-state index in [4.69, 9.17) is 9.47 Å². The number of hydrogen-bond acceptors (Lipinski definition) is 7. The summed E-state index contributed by atoms with van der Waals surface area (Å²) in [4.78, 5) is 43.1. The zero-order valence-electron chi connectivity index (χ0n) is 10.6. The number of hydrogen-bond donors (Lipinski definition) is 0. The van der Waals surface area contributed by atoms with Gasteiger partial charge in [-0.15, -0.1) is 0 Å². The highest BCUT2D eigenvalue weighted by atomic mass is 16.6. The van der Waals surface area contributed by atoms with E-state index in [1.165, 1.54) is 20.8 Å². The summed E-state index contributed by atoms with van der Waals surface area (Å²) in [7, 11) is 0. The van der Waals surface area contributed by atoms with Crippen LogP contribution < -0.4 is 0 Å². The standard InChI is InChI=1S/C11H16O7/c1-7(12)4-11(15)17-6-10(18-9(3)14)5-16-8(2)13/h10H,4-6H2,1-3H3. The second-order valence-corrected chi connectivity index (χ2v) is 3.60. The molecule has 0 aliphatic carbocycles. The van der Waals surface area contributed by atoms with E-state index in [1.54, 1.807) is 0 Å². The zero-order valence-corrected chi connectivity index (χ0v) is 10.6. The second-order valence-electron chi connectivity index (χ2n) is 3.60. The molecule has 7 nitrogen and oxygen atoms in total. The summed E-state index contributed by atoms with van der Waals surface area (Å²) in [6.07, 6.45) is -1.22. The maximum Gasteiger partial charge on any atom is 0.313 e. The van der Waals surface area contributed by atoms with E-state index in [1.807, 2.05) is 0 Å². The molecule has 0 rings (SSSR count). The maximum absolute atomic E-state index is 11.1. The lowest BCUT2D eigenvalue weighted by atomic mass is 10.3. The lowest BCUT2D eigenvalue weighted by molar-refractivity contribution is -0.164. The number of rotatable bonds is 7. The number of esters is 3. The lowest BCUT2D eigenvalue weighted by Gasteiger charge is -2.16. The van der Waals surface area contributed by atoms with Gasteiger partial charge < -0.3 is 14.2 Å². The molecule has 0 bridgehead atoms. The Morgan fingerprint density at radius 2 is 1.44 bits per heavy atom. The molecule has 0 aliphatic rings. The number of Topliss-reactive ketones (excluding diaryl/α,β-unsaturated/α-hetero) is 1. The van der Waals surface area contributed by atoms with Crippen LogP contribution in [0.5, 0.6) is 0 Å². The Morgan fingerprint density at radius 3 is 1.89 bits per heavy atom. The molecule has 0 amide bonds. The molecule has 0 aromatic heterocycles. The Labute approximate surface area is 104 Å². The quantitative estimate of drug-likeness (QED) is 0.361. The van der Waals surface area contributed by atoms with Crippen LogP contribution in [0.15, 0.2) is 0 Å². The summed E-state index contributed by atoms with van der Waals surface area (Å²) in [6.45, 7) is 3.16. The Hall–Kier alpha value is -1.92. The van der Waals surface area contributed by atoms with Gasteiger partial charge in [0, 0.05) is 13.8 Å². The molecule has 0 saturated heterocycles. The highest BCUT2D eigenvalue weighted by Crippen LogP contribution is 1.98. The molecular weight excluding hydrogens is 244 g/mol. The van der Waals surface area contributed by atoms with Crippen molar-refractivity contribution in [1.29, 1.82) is 0 Å². The number of ether oxygens (including phenoxy) is 3. The minimum Gasteiger partial charge on any atom is -0.462 e. The molecule has 1 atom stereocenters. The van der Waals surface area contributed by atoms with E-state index in [2.05, 4.69) is 4.74 Å². The number of carbonyl (C=O) groups is 4. The fraction of sp³-hybridized carbons (Fsp3) is 0.636. The molecule has 0 aliphatic heterocycles. The molecule has 0 radical (unpaired) electrons. The van der Waals surface area contributed by atoms with Crippen molar-refractivity contribution in [3.8, 4) is 0 Å². The zero-order chi connectivity index (χ0) is 14.1. The monoisotopic (exact) mass is 260 g/mol. The van der Waals surface area contributed by atoms with E-state index in [0.717, 1.165) is 0 Å². The SMILES string of the molecule is CC(=O)CC(=O)OCC(COC(C)=O)OC(C)=O. The molecule has 1 unspecified atom stereocenters. The molecule has 0 fully saturated rings. The van der Waals surface area contributed by atoms with Gasteiger partial charge in [0.25, 0.3) is 0 Å². The van der Waals surface area contributed by atoms with Crippen molar-refractivity contribution < 1.29 is 33.4 Å². The second kappa shape index (κ2) is 8.21. The van der Waals surface area contributed by atoms with Gasteiger partial charge in [-0.25, -0.2) is 0 Å². The van der Waals surface area contributed by atoms with Crippen LogP contribution in [0.1, 0.15) is 27.2 Å². The normalized spacial score (nSPS) is 11.3. The average Bonchev–Trinajstić information content (AvgIpc) is 2.20. The predicted molar refractivity (Wildman–Crippen MR) is 58.4 cm³/mol. The van der Waals surface area contributed by atoms with Crippen LogP contribution in [-0.2, 0) is 33.4 Å². The largest absolute Gasteiger partial charge is 0.462 e. The molecule has 0 saturated carbocycles. The summed E-state index contributed by atoms with van der Waals surface area (Å²) in [5.41, 5.74) is 0. The first kappa shape index (κ1) is 16.1. The Bertz CT molecular complexity index is 334. The van der Waals surface area contributed by atoms with Gasteiger partial charge in [-0.3, -0.25) is 19.2 Å². The van der Waals surface area contributed by atoms with Crippen molar-refractivity contribution in [3.05, 3.63) is 0 Å². The summed E-state index contributed by atoms with van der Waals surface area (Å²) in [6, 6.07) is 0. The van der Waals surface area contributed by atoms with Crippen molar-refractivity contribution in [2.45, 2.75) is 33.3 Å². The van der Waals surface area contributed by atoms with E-state index in [0.29, 0.717) is 0 Å². The summed E-state index contributed by atoms with van der Waals surface area (Å²) >= 11 is 0. The van der Waals surface area contributed by atoms with Crippen molar-refractivity contribution in [1.82, 2.24) is 0 Å². The van der Waals surface area contributed by atoms with Crippen molar-refractivity contribution in [2.75, 3.05) is 13.2 Å². The maximum atomic E-state index is 11.1. The minimum atomic E-state index is -0.873. The Balaban J connectivity index is 4.14. The first-order chi connectivity index (χ1) is 8.31. The predicted octanol–water partition coefficient (Wildman–Crippen LogP) is 0.00350. The van der Waals surface area contributed by atoms with E-state index < -0.39 is 24.0 Å². The van der Waals surface area contributed by atoms with Crippen LogP contribution in [0, 0.1) is 0 Å². The average molecular weight is 260 g/mol. The molecule has 18 heavy (non-hydrogen) atoms. The third-order valence-corrected chi connectivity index (χ3v) is 1.63. The van der Waals surface area contributed by atoms with Gasteiger partial charge in [-0.05, 0) is 6.92 Å². The molecule has 0 spiro atoms. The fourth-order valence-electron chi connectivity index (χ4n) is 1.00. The summed E-state index contributed by atoms with van der Waals surface area (Å²) in [5, 5.41) is 0. The van der Waals surface area contributed by atoms with E-state index >= 15 is 0 Å². The van der Waals surface area contributed by atoms with Gasteiger partial charge in [0.05, 0.1) is 0 Å². The molecular formula is C11H16O7. The van der Waals surface area contributed by atoms with Crippen molar-refractivity contribution in [2.24, 2.45) is 0 Å². The van der Waals surface area contributed by atoms with Crippen molar-refractivity contribution >= 4 is 23.7 Å². The molecule has 0 aromatic carbocycles. The topological polar surface area (TPSA) is 96.0 Å². The lowest BCUT2D eigenvalue weighted by Crippen LogP contribution is -2.30. The first-order valence-electron chi connectivity index (χ1n) is 5.27. The summed E-state index contributed by atoms with van der Waals surface area (Å²) < 4.78 is 14.1. The summed E-state index contributed by atoms with van der Waals surface area (Å²) in [5.74, 6) is -2.18. The van der Waals surface area contributed by atoms with Gasteiger partial charge in [-0.1, -0.05) is 0 Å². The van der Waals surface area contributed by atoms with Crippen LogP contribution in [0.2, 0.25) is 0 Å². The minimum absolute atomic E-state index is 0.206. The smallest absolute Gasteiger partial charge is 0.313 e. The number of carbonyl (C=O) groups excluding carboxylic acids is 4. The molecule has 0 N–H and O–H groups in total. The first-order valence-corrected chi connectivity index (χ1v) is 5.27. The van der Waals surface area contributed by atoms with Crippen LogP contribution in [0.3, 0.4) is 0 Å².